The third kappa shape index (κ3) is 31.9. The van der Waals surface area contributed by atoms with Crippen LogP contribution in [0.3, 0.4) is 0 Å². The fraction of sp³-hybridized carbons (Fsp3) is 0.976. The molecule has 276 valence electrons. The zero-order valence-electron chi connectivity index (χ0n) is 31.2. The highest BCUT2D eigenvalue weighted by atomic mass is 16.3. The van der Waals surface area contributed by atoms with Crippen molar-refractivity contribution >= 4 is 5.91 Å². The summed E-state index contributed by atoms with van der Waals surface area (Å²) in [6.07, 6.45) is 40.9. The van der Waals surface area contributed by atoms with E-state index in [0.717, 1.165) is 32.1 Å². The van der Waals surface area contributed by atoms with Gasteiger partial charge >= 0.3 is 0 Å². The van der Waals surface area contributed by atoms with Gasteiger partial charge < -0.3 is 20.6 Å². The standard InChI is InChI=1S/C41H83NO4/c1-3-5-7-9-11-13-15-17-18-19-20-21-22-24-26-28-30-32-34-36-40(45)41(46)42-38(37-43)39(44)35-33-31-29-27-25-23-16-14-12-10-8-6-4-2/h38-40,43-45H,3-37H2,1-2H3,(H,42,46)/t38-,39+,40?/m0/s1. The predicted octanol–water partition coefficient (Wildman–Crippen LogP) is 11.5. The first-order chi connectivity index (χ1) is 22.6. The SMILES string of the molecule is CCCCCCCCCCCCCCCCCCCCCC(O)C(=O)N[C@@H](CO)[C@H](O)CCCCCCCCCCCCCCC. The van der Waals surface area contributed by atoms with Gasteiger partial charge in [-0.15, -0.1) is 0 Å². The molecule has 0 rings (SSSR count). The van der Waals surface area contributed by atoms with E-state index in [0.29, 0.717) is 12.8 Å². The Morgan fingerprint density at radius 2 is 0.696 bits per heavy atom. The van der Waals surface area contributed by atoms with E-state index in [1.54, 1.807) is 0 Å². The quantitative estimate of drug-likeness (QED) is 0.0499. The Kier molecular flexibility index (Phi) is 36.6. The van der Waals surface area contributed by atoms with Crippen LogP contribution < -0.4 is 5.32 Å². The Morgan fingerprint density at radius 1 is 0.435 bits per heavy atom. The van der Waals surface area contributed by atoms with Gasteiger partial charge in [-0.2, -0.15) is 0 Å². The number of aliphatic hydroxyl groups excluding tert-OH is 3. The molecule has 0 radical (unpaired) electrons. The highest BCUT2D eigenvalue weighted by molar-refractivity contribution is 5.80. The number of carbonyl (C=O) groups excluding carboxylic acids is 1. The topological polar surface area (TPSA) is 89.8 Å². The number of carbonyl (C=O) groups is 1. The van der Waals surface area contributed by atoms with Gasteiger partial charge in [-0.05, 0) is 12.8 Å². The maximum atomic E-state index is 12.4. The van der Waals surface area contributed by atoms with Crippen LogP contribution in [0.5, 0.6) is 0 Å². The smallest absolute Gasteiger partial charge is 0.249 e. The minimum atomic E-state index is -1.07. The van der Waals surface area contributed by atoms with Crippen molar-refractivity contribution in [3.05, 3.63) is 0 Å². The van der Waals surface area contributed by atoms with E-state index in [4.69, 9.17) is 0 Å². The summed E-state index contributed by atoms with van der Waals surface area (Å²) in [5, 5.41) is 33.2. The van der Waals surface area contributed by atoms with E-state index in [2.05, 4.69) is 19.2 Å². The van der Waals surface area contributed by atoms with E-state index in [9.17, 15) is 20.1 Å². The lowest BCUT2D eigenvalue weighted by Crippen LogP contribution is -2.49. The summed E-state index contributed by atoms with van der Waals surface area (Å²) in [4.78, 5) is 12.4. The van der Waals surface area contributed by atoms with Crippen LogP contribution >= 0.6 is 0 Å². The van der Waals surface area contributed by atoms with Gasteiger partial charge in [-0.1, -0.05) is 219 Å². The average molecular weight is 654 g/mol. The average Bonchev–Trinajstić information content (AvgIpc) is 3.06. The van der Waals surface area contributed by atoms with Crippen molar-refractivity contribution in [2.24, 2.45) is 0 Å². The minimum absolute atomic E-state index is 0.308. The third-order valence-electron chi connectivity index (χ3n) is 9.98. The fourth-order valence-electron chi connectivity index (χ4n) is 6.66. The number of hydrogen-bond donors (Lipinski definition) is 4. The summed E-state index contributed by atoms with van der Waals surface area (Å²) in [5.74, 6) is -0.467. The lowest BCUT2D eigenvalue weighted by molar-refractivity contribution is -0.131. The molecule has 0 saturated heterocycles. The fourth-order valence-corrected chi connectivity index (χ4v) is 6.66. The third-order valence-corrected chi connectivity index (χ3v) is 9.98. The van der Waals surface area contributed by atoms with Gasteiger partial charge in [-0.25, -0.2) is 0 Å². The first kappa shape index (κ1) is 45.3. The van der Waals surface area contributed by atoms with Crippen molar-refractivity contribution in [2.75, 3.05) is 6.61 Å². The molecule has 1 amide bonds. The molecule has 4 N–H and O–H groups in total. The largest absolute Gasteiger partial charge is 0.394 e. The van der Waals surface area contributed by atoms with Crippen LogP contribution in [0.4, 0.5) is 0 Å². The second-order valence-electron chi connectivity index (χ2n) is 14.6. The molecule has 5 heteroatoms. The number of nitrogens with one attached hydrogen (secondary N) is 1. The van der Waals surface area contributed by atoms with Crippen LogP contribution in [0.15, 0.2) is 0 Å². The van der Waals surface area contributed by atoms with Gasteiger partial charge in [0.05, 0.1) is 18.8 Å². The van der Waals surface area contributed by atoms with Gasteiger partial charge in [0.15, 0.2) is 0 Å². The molecule has 0 saturated carbocycles. The molecule has 5 nitrogen and oxygen atoms in total. The molecule has 0 fully saturated rings. The molecule has 0 heterocycles. The molecular formula is C41H83NO4. The molecule has 0 aliphatic heterocycles. The summed E-state index contributed by atoms with van der Waals surface area (Å²) in [7, 11) is 0. The molecule has 0 aromatic carbocycles. The van der Waals surface area contributed by atoms with E-state index in [1.165, 1.54) is 173 Å². The van der Waals surface area contributed by atoms with Gasteiger partial charge in [0, 0.05) is 0 Å². The zero-order chi connectivity index (χ0) is 33.8. The van der Waals surface area contributed by atoms with E-state index < -0.39 is 24.2 Å². The summed E-state index contributed by atoms with van der Waals surface area (Å²) in [5.41, 5.74) is 0. The normalized spacial score (nSPS) is 13.6. The number of aliphatic hydroxyl groups is 3. The Labute approximate surface area is 287 Å². The predicted molar refractivity (Wildman–Crippen MR) is 199 cm³/mol. The molecule has 3 atom stereocenters. The van der Waals surface area contributed by atoms with Crippen LogP contribution in [0.1, 0.15) is 232 Å². The van der Waals surface area contributed by atoms with Gasteiger partial charge in [-0.3, -0.25) is 4.79 Å². The van der Waals surface area contributed by atoms with Crippen molar-refractivity contribution in [3.63, 3.8) is 0 Å². The minimum Gasteiger partial charge on any atom is -0.394 e. The Balaban J connectivity index is 3.59. The van der Waals surface area contributed by atoms with E-state index >= 15 is 0 Å². The number of amides is 1. The Bertz CT molecular complexity index is 601. The molecule has 0 aromatic rings. The van der Waals surface area contributed by atoms with Crippen LogP contribution in [-0.2, 0) is 4.79 Å². The van der Waals surface area contributed by atoms with Crippen molar-refractivity contribution in [2.45, 2.75) is 250 Å². The van der Waals surface area contributed by atoms with Crippen LogP contribution in [-0.4, -0.2) is 46.1 Å². The monoisotopic (exact) mass is 654 g/mol. The Hall–Kier alpha value is -0.650. The molecule has 46 heavy (non-hydrogen) atoms. The van der Waals surface area contributed by atoms with E-state index in [1.807, 2.05) is 0 Å². The molecular weight excluding hydrogens is 570 g/mol. The van der Waals surface area contributed by atoms with Crippen molar-refractivity contribution in [1.29, 1.82) is 0 Å². The number of rotatable bonds is 38. The maximum Gasteiger partial charge on any atom is 0.249 e. The molecule has 0 aliphatic carbocycles. The second kappa shape index (κ2) is 37.2. The van der Waals surface area contributed by atoms with Crippen molar-refractivity contribution in [1.82, 2.24) is 5.32 Å². The van der Waals surface area contributed by atoms with Crippen LogP contribution in [0.2, 0.25) is 0 Å². The van der Waals surface area contributed by atoms with Gasteiger partial charge in [0.2, 0.25) is 5.91 Å². The van der Waals surface area contributed by atoms with Gasteiger partial charge in [0.1, 0.15) is 6.10 Å². The number of hydrogen-bond acceptors (Lipinski definition) is 4. The number of unbranched alkanes of at least 4 members (excludes halogenated alkanes) is 30. The molecule has 0 spiro atoms. The van der Waals surface area contributed by atoms with Crippen LogP contribution in [0.25, 0.3) is 0 Å². The maximum absolute atomic E-state index is 12.4. The molecule has 0 aromatic heterocycles. The highest BCUT2D eigenvalue weighted by Crippen LogP contribution is 2.16. The zero-order valence-corrected chi connectivity index (χ0v) is 31.2. The van der Waals surface area contributed by atoms with Crippen molar-refractivity contribution in [3.8, 4) is 0 Å². The van der Waals surface area contributed by atoms with Crippen LogP contribution in [0, 0.1) is 0 Å². The van der Waals surface area contributed by atoms with Gasteiger partial charge in [0.25, 0.3) is 0 Å². The summed E-state index contributed by atoms with van der Waals surface area (Å²) in [6, 6.07) is -0.704. The highest BCUT2D eigenvalue weighted by Gasteiger charge is 2.23. The summed E-state index contributed by atoms with van der Waals surface area (Å²) < 4.78 is 0. The summed E-state index contributed by atoms with van der Waals surface area (Å²) >= 11 is 0. The first-order valence-electron chi connectivity index (χ1n) is 20.8. The Morgan fingerprint density at radius 3 is 0.978 bits per heavy atom. The molecule has 1 unspecified atom stereocenters. The lowest BCUT2D eigenvalue weighted by atomic mass is 10.0. The first-order valence-corrected chi connectivity index (χ1v) is 20.8. The molecule has 0 bridgehead atoms. The van der Waals surface area contributed by atoms with Crippen molar-refractivity contribution < 1.29 is 20.1 Å². The summed E-state index contributed by atoms with van der Waals surface area (Å²) in [6.45, 7) is 4.24. The second-order valence-corrected chi connectivity index (χ2v) is 14.6. The molecule has 0 aliphatic rings. The lowest BCUT2D eigenvalue weighted by Gasteiger charge is -2.23. The van der Waals surface area contributed by atoms with E-state index in [-0.39, 0.29) is 6.61 Å².